The Balaban J connectivity index is 1.79. The Hall–Kier alpha value is -2.24. The van der Waals surface area contributed by atoms with Crippen LogP contribution in [0, 0.1) is 6.92 Å². The number of hydrogen-bond donors (Lipinski definition) is 2. The molecule has 0 radical (unpaired) electrons. The van der Waals surface area contributed by atoms with Gasteiger partial charge >= 0.3 is 6.03 Å². The molecule has 1 aromatic carbocycles. The van der Waals surface area contributed by atoms with E-state index in [4.69, 9.17) is 0 Å². The van der Waals surface area contributed by atoms with Gasteiger partial charge in [0.2, 0.25) is 5.91 Å². The van der Waals surface area contributed by atoms with Crippen LogP contribution < -0.4 is 15.5 Å². The van der Waals surface area contributed by atoms with E-state index < -0.39 is 0 Å². The number of rotatable bonds is 3. The lowest BCUT2D eigenvalue weighted by Gasteiger charge is -2.36. The molecular weight excluding hydrogens is 304 g/mol. The number of anilines is 1. The van der Waals surface area contributed by atoms with Gasteiger partial charge in [0.1, 0.15) is 0 Å². The number of hydrogen-bond acceptors (Lipinski definition) is 3. The van der Waals surface area contributed by atoms with Crippen molar-refractivity contribution in [1.82, 2.24) is 15.5 Å². The molecule has 0 aromatic heterocycles. The minimum Gasteiger partial charge on any atom is -0.368 e. The van der Waals surface area contributed by atoms with Crippen LogP contribution in [0.1, 0.15) is 26.3 Å². The van der Waals surface area contributed by atoms with Crippen molar-refractivity contribution in [3.63, 3.8) is 0 Å². The number of carbonyl (C=O) groups excluding carboxylic acids is 2. The third kappa shape index (κ3) is 5.15. The van der Waals surface area contributed by atoms with Gasteiger partial charge < -0.3 is 20.4 Å². The normalized spacial score (nSPS) is 15.2. The molecule has 1 aliphatic heterocycles. The Labute approximate surface area is 144 Å². The number of urea groups is 1. The van der Waals surface area contributed by atoms with Gasteiger partial charge in [0.15, 0.2) is 0 Å². The Bertz CT molecular complexity index is 587. The number of para-hydroxylation sites is 1. The van der Waals surface area contributed by atoms with Crippen molar-refractivity contribution < 1.29 is 9.59 Å². The van der Waals surface area contributed by atoms with Crippen LogP contribution in [0.5, 0.6) is 0 Å². The predicted octanol–water partition coefficient (Wildman–Crippen LogP) is 1.74. The number of aryl methyl sites for hydroxylation is 1. The van der Waals surface area contributed by atoms with Crippen LogP contribution in [0.2, 0.25) is 0 Å². The minimum atomic E-state index is -0.291. The molecule has 1 saturated heterocycles. The molecule has 0 unspecified atom stereocenters. The first-order valence-corrected chi connectivity index (χ1v) is 8.40. The fraction of sp³-hybridized carbons (Fsp3) is 0.556. The van der Waals surface area contributed by atoms with E-state index in [1.165, 1.54) is 11.3 Å². The van der Waals surface area contributed by atoms with E-state index in [0.717, 1.165) is 13.1 Å². The SMILES string of the molecule is Cc1ccccc1N1CCN(C(=O)NCC(=O)NC(C)(C)C)CC1. The summed E-state index contributed by atoms with van der Waals surface area (Å²) in [5.74, 6) is -0.172. The summed E-state index contributed by atoms with van der Waals surface area (Å²) in [6, 6.07) is 8.10. The van der Waals surface area contributed by atoms with Gasteiger partial charge in [-0.25, -0.2) is 4.79 Å². The second kappa shape index (κ2) is 7.55. The summed E-state index contributed by atoms with van der Waals surface area (Å²) in [5, 5.41) is 5.53. The first-order valence-electron chi connectivity index (χ1n) is 8.40. The molecule has 0 bridgehead atoms. The highest BCUT2D eigenvalue weighted by Gasteiger charge is 2.22. The van der Waals surface area contributed by atoms with Crippen molar-refractivity contribution >= 4 is 17.6 Å². The highest BCUT2D eigenvalue weighted by atomic mass is 16.2. The monoisotopic (exact) mass is 332 g/mol. The number of piperazine rings is 1. The van der Waals surface area contributed by atoms with Gasteiger partial charge in [-0.1, -0.05) is 18.2 Å². The highest BCUT2D eigenvalue weighted by molar-refractivity contribution is 5.84. The van der Waals surface area contributed by atoms with Crippen LogP contribution in [0.3, 0.4) is 0 Å². The molecule has 132 valence electrons. The molecule has 1 heterocycles. The number of amides is 3. The maximum Gasteiger partial charge on any atom is 0.317 e. The Morgan fingerprint density at radius 1 is 1.08 bits per heavy atom. The van der Waals surface area contributed by atoms with E-state index in [2.05, 4.69) is 34.6 Å². The molecule has 0 saturated carbocycles. The maximum absolute atomic E-state index is 12.2. The van der Waals surface area contributed by atoms with Crippen molar-refractivity contribution in [1.29, 1.82) is 0 Å². The lowest BCUT2D eigenvalue weighted by molar-refractivity contribution is -0.121. The quantitative estimate of drug-likeness (QED) is 0.886. The topological polar surface area (TPSA) is 64.7 Å². The molecular formula is C18H28N4O2. The molecule has 3 amide bonds. The van der Waals surface area contributed by atoms with Gasteiger partial charge in [0.25, 0.3) is 0 Å². The molecule has 2 rings (SSSR count). The fourth-order valence-electron chi connectivity index (χ4n) is 2.80. The molecule has 2 N–H and O–H groups in total. The van der Waals surface area contributed by atoms with Crippen molar-refractivity contribution in [2.75, 3.05) is 37.6 Å². The number of nitrogens with one attached hydrogen (secondary N) is 2. The van der Waals surface area contributed by atoms with Crippen molar-refractivity contribution in [2.24, 2.45) is 0 Å². The first kappa shape index (κ1) is 18.1. The molecule has 1 aromatic rings. The van der Waals surface area contributed by atoms with E-state index >= 15 is 0 Å². The van der Waals surface area contributed by atoms with Gasteiger partial charge in [0.05, 0.1) is 6.54 Å². The summed E-state index contributed by atoms with van der Waals surface area (Å²) < 4.78 is 0. The van der Waals surface area contributed by atoms with Crippen LogP contribution in [0.15, 0.2) is 24.3 Å². The van der Waals surface area contributed by atoms with Crippen LogP contribution in [0.25, 0.3) is 0 Å². The third-order valence-corrected chi connectivity index (χ3v) is 3.94. The van der Waals surface area contributed by atoms with Crippen LogP contribution >= 0.6 is 0 Å². The largest absolute Gasteiger partial charge is 0.368 e. The summed E-state index contributed by atoms with van der Waals surface area (Å²) in [6.45, 7) is 10.8. The summed E-state index contributed by atoms with van der Waals surface area (Å²) in [4.78, 5) is 28.0. The van der Waals surface area contributed by atoms with E-state index in [9.17, 15) is 9.59 Å². The molecule has 6 heteroatoms. The average molecular weight is 332 g/mol. The standard InChI is InChI=1S/C18H28N4O2/c1-14-7-5-6-8-15(14)21-9-11-22(12-10-21)17(24)19-13-16(23)20-18(2,3)4/h5-8H,9-13H2,1-4H3,(H,19,24)(H,20,23). The summed E-state index contributed by atoms with van der Waals surface area (Å²) >= 11 is 0. The van der Waals surface area contributed by atoms with Gasteiger partial charge in [-0.2, -0.15) is 0 Å². The van der Waals surface area contributed by atoms with Gasteiger partial charge in [-0.15, -0.1) is 0 Å². The maximum atomic E-state index is 12.2. The zero-order valence-electron chi connectivity index (χ0n) is 15.1. The Morgan fingerprint density at radius 2 is 1.71 bits per heavy atom. The molecule has 1 aliphatic rings. The second-order valence-corrected chi connectivity index (χ2v) is 7.22. The molecule has 6 nitrogen and oxygen atoms in total. The summed E-state index contributed by atoms with van der Waals surface area (Å²) in [6.07, 6.45) is 0. The zero-order valence-corrected chi connectivity index (χ0v) is 15.1. The Morgan fingerprint density at radius 3 is 2.29 bits per heavy atom. The number of benzene rings is 1. The molecule has 1 fully saturated rings. The lowest BCUT2D eigenvalue weighted by Crippen LogP contribution is -2.54. The van der Waals surface area contributed by atoms with Crippen LogP contribution in [0.4, 0.5) is 10.5 Å². The summed E-state index contributed by atoms with van der Waals surface area (Å²) in [5.41, 5.74) is 2.18. The van der Waals surface area contributed by atoms with Gasteiger partial charge in [-0.05, 0) is 39.3 Å². The summed E-state index contributed by atoms with van der Waals surface area (Å²) in [7, 11) is 0. The number of carbonyl (C=O) groups is 2. The predicted molar refractivity (Wildman–Crippen MR) is 96.3 cm³/mol. The van der Waals surface area contributed by atoms with Crippen LogP contribution in [-0.2, 0) is 4.79 Å². The van der Waals surface area contributed by atoms with Crippen molar-refractivity contribution in [3.8, 4) is 0 Å². The molecule has 24 heavy (non-hydrogen) atoms. The smallest absolute Gasteiger partial charge is 0.317 e. The molecule has 0 spiro atoms. The Kier molecular flexibility index (Phi) is 5.70. The van der Waals surface area contributed by atoms with Gasteiger partial charge in [-0.3, -0.25) is 4.79 Å². The average Bonchev–Trinajstić information content (AvgIpc) is 2.52. The van der Waals surface area contributed by atoms with E-state index in [1.54, 1.807) is 4.90 Å². The first-order chi connectivity index (χ1) is 11.3. The van der Waals surface area contributed by atoms with Crippen molar-refractivity contribution in [2.45, 2.75) is 33.2 Å². The second-order valence-electron chi connectivity index (χ2n) is 7.22. The molecule has 0 aliphatic carbocycles. The third-order valence-electron chi connectivity index (χ3n) is 3.94. The lowest BCUT2D eigenvalue weighted by atomic mass is 10.1. The number of nitrogens with zero attached hydrogens (tertiary/aromatic N) is 2. The highest BCUT2D eigenvalue weighted by Crippen LogP contribution is 2.20. The zero-order chi connectivity index (χ0) is 17.7. The molecule has 0 atom stereocenters. The van der Waals surface area contributed by atoms with Crippen molar-refractivity contribution in [3.05, 3.63) is 29.8 Å². The van der Waals surface area contributed by atoms with E-state index in [0.29, 0.717) is 13.1 Å². The van der Waals surface area contributed by atoms with Gasteiger partial charge in [0, 0.05) is 37.4 Å². The van der Waals surface area contributed by atoms with E-state index in [-0.39, 0.29) is 24.0 Å². The van der Waals surface area contributed by atoms with E-state index in [1.807, 2.05) is 32.9 Å². The fourth-order valence-corrected chi connectivity index (χ4v) is 2.80. The minimum absolute atomic E-state index is 0.00805. The van der Waals surface area contributed by atoms with Crippen LogP contribution in [-0.4, -0.2) is 55.1 Å².